The van der Waals surface area contributed by atoms with Gasteiger partial charge in [0.2, 0.25) is 0 Å². The Morgan fingerprint density at radius 2 is 2.29 bits per heavy atom. The fraction of sp³-hybridized carbons (Fsp3) is 0.429. The number of ether oxygens (including phenoxy) is 1. The third kappa shape index (κ3) is 2.45. The molecule has 2 aromatic rings. The number of anilines is 1. The van der Waals surface area contributed by atoms with Crippen molar-refractivity contribution in [3.8, 4) is 6.07 Å². The number of pyridine rings is 1. The molecule has 0 unspecified atom stereocenters. The first kappa shape index (κ1) is 13.5. The number of nitriles is 1. The molecular formula is C14H16N6O. The maximum absolute atomic E-state index is 9.27. The summed E-state index contributed by atoms with van der Waals surface area (Å²) in [6.07, 6.45) is 3.37. The number of nitrogens with one attached hydrogen (secondary N) is 1. The molecule has 0 spiro atoms. The molecule has 108 valence electrons. The summed E-state index contributed by atoms with van der Waals surface area (Å²) in [5.41, 5.74) is 3.26. The van der Waals surface area contributed by atoms with E-state index in [2.05, 4.69) is 31.4 Å². The van der Waals surface area contributed by atoms with E-state index in [0.717, 1.165) is 23.6 Å². The van der Waals surface area contributed by atoms with E-state index in [1.165, 1.54) is 0 Å². The predicted octanol–water partition coefficient (Wildman–Crippen LogP) is 0.999. The molecule has 2 aromatic heterocycles. The molecule has 1 N–H and O–H groups in total. The number of rotatable bonds is 3. The van der Waals surface area contributed by atoms with Crippen LogP contribution in [0.5, 0.6) is 0 Å². The monoisotopic (exact) mass is 284 g/mol. The molecule has 0 bridgehead atoms. The molecule has 3 rings (SSSR count). The first-order chi connectivity index (χ1) is 10.2. The van der Waals surface area contributed by atoms with Gasteiger partial charge in [-0.1, -0.05) is 0 Å². The van der Waals surface area contributed by atoms with Crippen LogP contribution < -0.4 is 4.90 Å². The zero-order valence-electron chi connectivity index (χ0n) is 11.9. The van der Waals surface area contributed by atoms with Crippen LogP contribution in [-0.2, 0) is 4.74 Å². The molecule has 21 heavy (non-hydrogen) atoms. The molecule has 7 nitrogen and oxygen atoms in total. The van der Waals surface area contributed by atoms with Crippen LogP contribution in [0.3, 0.4) is 0 Å². The van der Waals surface area contributed by atoms with Crippen LogP contribution in [0.25, 0.3) is 0 Å². The summed E-state index contributed by atoms with van der Waals surface area (Å²) in [6, 6.07) is 4.14. The lowest BCUT2D eigenvalue weighted by molar-refractivity contribution is 0.105. The summed E-state index contributed by atoms with van der Waals surface area (Å²) in [5, 5.41) is 19.9. The van der Waals surface area contributed by atoms with Gasteiger partial charge >= 0.3 is 0 Å². The molecule has 1 saturated heterocycles. The van der Waals surface area contributed by atoms with Crippen molar-refractivity contribution in [2.24, 2.45) is 0 Å². The van der Waals surface area contributed by atoms with Gasteiger partial charge in [-0.2, -0.15) is 20.7 Å². The van der Waals surface area contributed by atoms with Gasteiger partial charge in [-0.15, -0.1) is 0 Å². The molecule has 7 heteroatoms. The Morgan fingerprint density at radius 1 is 1.43 bits per heavy atom. The van der Waals surface area contributed by atoms with Gasteiger partial charge in [0.25, 0.3) is 0 Å². The maximum Gasteiger partial charge on any atom is 0.103 e. The Morgan fingerprint density at radius 3 is 2.95 bits per heavy atom. The number of hydrogen-bond acceptors (Lipinski definition) is 6. The second-order valence-corrected chi connectivity index (χ2v) is 5.14. The van der Waals surface area contributed by atoms with Gasteiger partial charge in [0.15, 0.2) is 0 Å². The Labute approximate surface area is 122 Å². The second-order valence-electron chi connectivity index (χ2n) is 5.14. The smallest absolute Gasteiger partial charge is 0.103 e. The molecule has 1 aliphatic heterocycles. The van der Waals surface area contributed by atoms with E-state index in [0.29, 0.717) is 12.1 Å². The molecule has 1 fully saturated rings. The fourth-order valence-electron chi connectivity index (χ4n) is 2.78. The first-order valence-corrected chi connectivity index (χ1v) is 6.73. The van der Waals surface area contributed by atoms with Crippen LogP contribution in [0, 0.1) is 18.3 Å². The van der Waals surface area contributed by atoms with Crippen LogP contribution in [0.15, 0.2) is 18.5 Å². The van der Waals surface area contributed by atoms with Gasteiger partial charge in [-0.25, -0.2) is 0 Å². The van der Waals surface area contributed by atoms with Crippen LogP contribution in [0.2, 0.25) is 0 Å². The number of H-pyrrole nitrogens is 1. The highest BCUT2D eigenvalue weighted by Gasteiger charge is 2.36. The average Bonchev–Trinajstić information content (AvgIpc) is 3.15. The van der Waals surface area contributed by atoms with E-state index < -0.39 is 0 Å². The van der Waals surface area contributed by atoms with E-state index in [4.69, 9.17) is 4.74 Å². The van der Waals surface area contributed by atoms with Gasteiger partial charge in [-0.05, 0) is 13.0 Å². The van der Waals surface area contributed by atoms with Crippen molar-refractivity contribution < 1.29 is 4.74 Å². The van der Waals surface area contributed by atoms with Gasteiger partial charge in [0, 0.05) is 32.1 Å². The van der Waals surface area contributed by atoms with Gasteiger partial charge in [0.05, 0.1) is 35.2 Å². The van der Waals surface area contributed by atoms with Crippen molar-refractivity contribution >= 4 is 5.69 Å². The number of aromatic amines is 1. The summed E-state index contributed by atoms with van der Waals surface area (Å²) < 4.78 is 5.58. The molecule has 0 radical (unpaired) electrons. The van der Waals surface area contributed by atoms with Crippen molar-refractivity contribution in [2.75, 3.05) is 25.1 Å². The van der Waals surface area contributed by atoms with E-state index in [1.807, 2.05) is 13.0 Å². The standard InChI is InChI=1S/C14H16N6O/c1-9-3-13(10(4-15)5-16-9)20-7-11(14(8-20)21-2)12-6-17-19-18-12/h3,5-6,11,14H,7-8H2,1-2H3,(H,17,18,19)/t11-,14+/m0/s1. The normalized spacial score (nSPS) is 21.5. The van der Waals surface area contributed by atoms with Gasteiger partial charge in [-0.3, -0.25) is 4.98 Å². The first-order valence-electron chi connectivity index (χ1n) is 6.73. The highest BCUT2D eigenvalue weighted by Crippen LogP contribution is 2.33. The molecular weight excluding hydrogens is 268 g/mol. The minimum atomic E-state index is 0.0233. The molecule has 1 aliphatic rings. The molecule has 3 heterocycles. The van der Waals surface area contributed by atoms with Gasteiger partial charge in [0.1, 0.15) is 6.07 Å². The molecule has 0 amide bonds. The highest BCUT2D eigenvalue weighted by atomic mass is 16.5. The molecule has 0 aliphatic carbocycles. The van der Waals surface area contributed by atoms with Crippen molar-refractivity contribution in [1.29, 1.82) is 5.26 Å². The van der Waals surface area contributed by atoms with Crippen molar-refractivity contribution in [2.45, 2.75) is 18.9 Å². The quantitative estimate of drug-likeness (QED) is 0.904. The number of methoxy groups -OCH3 is 1. The Bertz CT molecular complexity index is 663. The average molecular weight is 284 g/mol. The SMILES string of the molecule is CO[C@@H]1CN(c2cc(C)ncc2C#N)C[C@H]1c1cn[nH]n1. The predicted molar refractivity (Wildman–Crippen MR) is 75.8 cm³/mol. The summed E-state index contributed by atoms with van der Waals surface area (Å²) in [6.45, 7) is 3.37. The lowest BCUT2D eigenvalue weighted by Gasteiger charge is -2.19. The summed E-state index contributed by atoms with van der Waals surface area (Å²) in [5.74, 6) is 0.133. The minimum Gasteiger partial charge on any atom is -0.379 e. The number of hydrogen-bond donors (Lipinski definition) is 1. The Hall–Kier alpha value is -2.46. The van der Waals surface area contributed by atoms with Gasteiger partial charge < -0.3 is 9.64 Å². The number of aryl methyl sites for hydroxylation is 1. The zero-order valence-corrected chi connectivity index (χ0v) is 11.9. The largest absolute Gasteiger partial charge is 0.379 e. The lowest BCUT2D eigenvalue weighted by Crippen LogP contribution is -2.23. The van der Waals surface area contributed by atoms with Crippen molar-refractivity contribution in [3.05, 3.63) is 35.4 Å². The van der Waals surface area contributed by atoms with Crippen molar-refractivity contribution in [1.82, 2.24) is 20.4 Å². The van der Waals surface area contributed by atoms with Crippen LogP contribution in [-0.4, -0.2) is 46.7 Å². The maximum atomic E-state index is 9.27. The van der Waals surface area contributed by atoms with Crippen LogP contribution in [0.1, 0.15) is 22.9 Å². The fourth-order valence-corrected chi connectivity index (χ4v) is 2.78. The van der Waals surface area contributed by atoms with Crippen molar-refractivity contribution in [3.63, 3.8) is 0 Å². The van der Waals surface area contributed by atoms with E-state index in [-0.39, 0.29) is 12.0 Å². The van der Waals surface area contributed by atoms with E-state index in [9.17, 15) is 5.26 Å². The topological polar surface area (TPSA) is 90.7 Å². The highest BCUT2D eigenvalue weighted by molar-refractivity contribution is 5.60. The Balaban J connectivity index is 1.92. The Kier molecular flexibility index (Phi) is 3.54. The molecule has 0 aromatic carbocycles. The van der Waals surface area contributed by atoms with Crippen LogP contribution >= 0.6 is 0 Å². The van der Waals surface area contributed by atoms with Crippen LogP contribution in [0.4, 0.5) is 5.69 Å². The molecule has 0 saturated carbocycles. The molecule has 2 atom stereocenters. The van der Waals surface area contributed by atoms with E-state index >= 15 is 0 Å². The van der Waals surface area contributed by atoms with E-state index in [1.54, 1.807) is 19.5 Å². The summed E-state index contributed by atoms with van der Waals surface area (Å²) in [7, 11) is 1.70. The zero-order chi connectivity index (χ0) is 14.8. The third-order valence-electron chi connectivity index (χ3n) is 3.86. The summed E-state index contributed by atoms with van der Waals surface area (Å²) in [4.78, 5) is 6.34. The lowest BCUT2D eigenvalue weighted by atomic mass is 10.0. The number of nitrogens with zero attached hydrogens (tertiary/aromatic N) is 5. The summed E-state index contributed by atoms with van der Waals surface area (Å²) >= 11 is 0. The third-order valence-corrected chi connectivity index (χ3v) is 3.86. The minimum absolute atomic E-state index is 0.0233. The number of aromatic nitrogens is 4. The second kappa shape index (κ2) is 5.50.